The van der Waals surface area contributed by atoms with Crippen LogP contribution in [0.2, 0.25) is 0 Å². The monoisotopic (exact) mass is 323 g/mol. The maximum Gasteiger partial charge on any atom is 0.335 e. The molecule has 7 heteroatoms. The standard InChI is InChI=1S/C17H17N5O2/c1-10-11(2)14(16(23)24)5-4-13(10)15-6-7-18-17(21-15)20-12-8-19-22(3)9-12/h4-9H,1-3H3,(H,23,24)(H,18,20,21). The number of aromatic carboxylic acids is 1. The molecule has 2 N–H and O–H groups in total. The van der Waals surface area contributed by atoms with Crippen LogP contribution >= 0.6 is 0 Å². The van der Waals surface area contributed by atoms with Crippen molar-refractivity contribution in [2.75, 3.05) is 5.32 Å². The van der Waals surface area contributed by atoms with Crippen LogP contribution in [-0.2, 0) is 7.05 Å². The van der Waals surface area contributed by atoms with E-state index in [1.54, 1.807) is 42.2 Å². The first-order chi connectivity index (χ1) is 11.5. The Balaban J connectivity index is 1.97. The van der Waals surface area contributed by atoms with Crippen LogP contribution in [0.4, 0.5) is 11.6 Å². The summed E-state index contributed by atoms with van der Waals surface area (Å²) in [4.78, 5) is 20.0. The lowest BCUT2D eigenvalue weighted by molar-refractivity contribution is 0.0696. The maximum atomic E-state index is 11.2. The summed E-state index contributed by atoms with van der Waals surface area (Å²) in [7, 11) is 1.83. The van der Waals surface area contributed by atoms with Gasteiger partial charge in [0, 0.05) is 25.0 Å². The molecule has 0 bridgehead atoms. The Hall–Kier alpha value is -3.22. The van der Waals surface area contributed by atoms with Gasteiger partial charge in [0.25, 0.3) is 0 Å². The zero-order valence-electron chi connectivity index (χ0n) is 13.6. The molecule has 0 aliphatic carbocycles. The third-order valence-corrected chi connectivity index (χ3v) is 3.91. The normalized spacial score (nSPS) is 10.6. The molecule has 0 saturated heterocycles. The van der Waals surface area contributed by atoms with Crippen molar-refractivity contribution in [1.29, 1.82) is 0 Å². The Morgan fingerprint density at radius 1 is 1.21 bits per heavy atom. The van der Waals surface area contributed by atoms with Gasteiger partial charge >= 0.3 is 5.97 Å². The molecular weight excluding hydrogens is 306 g/mol. The summed E-state index contributed by atoms with van der Waals surface area (Å²) in [6.07, 6.45) is 5.18. The van der Waals surface area contributed by atoms with Crippen LogP contribution in [0.5, 0.6) is 0 Å². The summed E-state index contributed by atoms with van der Waals surface area (Å²) in [5.41, 5.74) is 4.34. The number of nitrogens with zero attached hydrogens (tertiary/aromatic N) is 4. The second-order valence-corrected chi connectivity index (χ2v) is 5.51. The first kappa shape index (κ1) is 15.7. The molecule has 0 spiro atoms. The minimum Gasteiger partial charge on any atom is -0.478 e. The highest BCUT2D eigenvalue weighted by molar-refractivity contribution is 5.91. The Morgan fingerprint density at radius 2 is 2.00 bits per heavy atom. The topological polar surface area (TPSA) is 92.9 Å². The smallest absolute Gasteiger partial charge is 0.335 e. The Labute approximate surface area is 139 Å². The van der Waals surface area contributed by atoms with Gasteiger partial charge in [-0.3, -0.25) is 4.68 Å². The molecule has 1 aromatic carbocycles. The summed E-state index contributed by atoms with van der Waals surface area (Å²) < 4.78 is 1.68. The Bertz CT molecular complexity index is 917. The van der Waals surface area contributed by atoms with E-state index in [2.05, 4.69) is 20.4 Å². The minimum absolute atomic E-state index is 0.305. The van der Waals surface area contributed by atoms with Gasteiger partial charge in [0.2, 0.25) is 5.95 Å². The molecule has 2 aromatic heterocycles. The van der Waals surface area contributed by atoms with Crippen molar-refractivity contribution in [2.24, 2.45) is 7.05 Å². The molecule has 0 aliphatic heterocycles. The van der Waals surface area contributed by atoms with Crippen LogP contribution in [0.15, 0.2) is 36.8 Å². The summed E-state index contributed by atoms with van der Waals surface area (Å²) >= 11 is 0. The molecule has 0 aliphatic rings. The highest BCUT2D eigenvalue weighted by Crippen LogP contribution is 2.27. The molecule has 24 heavy (non-hydrogen) atoms. The number of hydrogen-bond donors (Lipinski definition) is 2. The van der Waals surface area contributed by atoms with E-state index in [9.17, 15) is 9.90 Å². The molecule has 0 fully saturated rings. The highest BCUT2D eigenvalue weighted by atomic mass is 16.4. The van der Waals surface area contributed by atoms with Crippen LogP contribution in [0.1, 0.15) is 21.5 Å². The Kier molecular flexibility index (Phi) is 3.99. The SMILES string of the molecule is Cc1c(C(=O)O)ccc(-c2ccnc(Nc3cnn(C)c3)n2)c1C. The van der Waals surface area contributed by atoms with Gasteiger partial charge in [0.15, 0.2) is 0 Å². The Morgan fingerprint density at radius 3 is 2.67 bits per heavy atom. The van der Waals surface area contributed by atoms with Gasteiger partial charge in [0.1, 0.15) is 0 Å². The van der Waals surface area contributed by atoms with E-state index in [1.165, 1.54) is 0 Å². The van der Waals surface area contributed by atoms with Gasteiger partial charge in [-0.1, -0.05) is 6.07 Å². The predicted molar refractivity (Wildman–Crippen MR) is 90.4 cm³/mol. The van der Waals surface area contributed by atoms with Crippen molar-refractivity contribution in [3.8, 4) is 11.3 Å². The first-order valence-corrected chi connectivity index (χ1v) is 7.38. The third-order valence-electron chi connectivity index (χ3n) is 3.91. The quantitative estimate of drug-likeness (QED) is 0.767. The fourth-order valence-electron chi connectivity index (χ4n) is 2.51. The average Bonchev–Trinajstić information content (AvgIpc) is 2.95. The summed E-state index contributed by atoms with van der Waals surface area (Å²) in [6.45, 7) is 3.70. The largest absolute Gasteiger partial charge is 0.478 e. The average molecular weight is 323 g/mol. The predicted octanol–water partition coefficient (Wildman–Crippen LogP) is 2.94. The molecule has 2 heterocycles. The zero-order chi connectivity index (χ0) is 17.3. The molecule has 0 unspecified atom stereocenters. The molecule has 0 radical (unpaired) electrons. The van der Waals surface area contributed by atoms with E-state index in [1.807, 2.05) is 20.2 Å². The number of benzene rings is 1. The third kappa shape index (κ3) is 2.96. The number of carbonyl (C=O) groups is 1. The fraction of sp³-hybridized carbons (Fsp3) is 0.176. The van der Waals surface area contributed by atoms with Gasteiger partial charge in [0.05, 0.1) is 23.1 Å². The van der Waals surface area contributed by atoms with Crippen LogP contribution in [0.25, 0.3) is 11.3 Å². The number of aryl methyl sites for hydroxylation is 1. The molecule has 0 saturated carbocycles. The van der Waals surface area contributed by atoms with E-state index in [4.69, 9.17) is 0 Å². The van der Waals surface area contributed by atoms with Crippen LogP contribution in [0.3, 0.4) is 0 Å². The highest BCUT2D eigenvalue weighted by Gasteiger charge is 2.14. The van der Waals surface area contributed by atoms with Crippen LogP contribution in [-0.4, -0.2) is 30.8 Å². The van der Waals surface area contributed by atoms with Gasteiger partial charge in [-0.2, -0.15) is 5.10 Å². The lowest BCUT2D eigenvalue weighted by Crippen LogP contribution is -2.03. The maximum absolute atomic E-state index is 11.2. The van der Waals surface area contributed by atoms with Crippen molar-refractivity contribution < 1.29 is 9.90 Å². The van der Waals surface area contributed by atoms with E-state index < -0.39 is 5.97 Å². The van der Waals surface area contributed by atoms with Crippen LogP contribution < -0.4 is 5.32 Å². The molecule has 0 amide bonds. The number of aromatic nitrogens is 4. The van der Waals surface area contributed by atoms with Crippen molar-refractivity contribution in [2.45, 2.75) is 13.8 Å². The number of carboxylic acids is 1. The lowest BCUT2D eigenvalue weighted by Gasteiger charge is -2.11. The molecular formula is C17H17N5O2. The van der Waals surface area contributed by atoms with E-state index in [0.29, 0.717) is 11.5 Å². The van der Waals surface area contributed by atoms with Gasteiger partial charge in [-0.25, -0.2) is 14.8 Å². The van der Waals surface area contributed by atoms with E-state index in [-0.39, 0.29) is 0 Å². The molecule has 3 aromatic rings. The summed E-state index contributed by atoms with van der Waals surface area (Å²) in [5.74, 6) is -0.469. The van der Waals surface area contributed by atoms with Crippen molar-refractivity contribution in [1.82, 2.24) is 19.7 Å². The van der Waals surface area contributed by atoms with Crippen LogP contribution in [0, 0.1) is 13.8 Å². The molecule has 7 nitrogen and oxygen atoms in total. The van der Waals surface area contributed by atoms with E-state index in [0.717, 1.165) is 28.1 Å². The van der Waals surface area contributed by atoms with Crippen molar-refractivity contribution in [3.63, 3.8) is 0 Å². The second-order valence-electron chi connectivity index (χ2n) is 5.51. The first-order valence-electron chi connectivity index (χ1n) is 7.38. The number of rotatable bonds is 4. The van der Waals surface area contributed by atoms with Gasteiger partial charge in [-0.15, -0.1) is 0 Å². The molecule has 0 atom stereocenters. The fourth-order valence-corrected chi connectivity index (χ4v) is 2.51. The number of nitrogens with one attached hydrogen (secondary N) is 1. The zero-order valence-corrected chi connectivity index (χ0v) is 13.6. The lowest BCUT2D eigenvalue weighted by atomic mass is 9.96. The number of hydrogen-bond acceptors (Lipinski definition) is 5. The van der Waals surface area contributed by atoms with Crippen molar-refractivity contribution >= 4 is 17.6 Å². The minimum atomic E-state index is -0.927. The summed E-state index contributed by atoms with van der Waals surface area (Å²) in [6, 6.07) is 5.19. The van der Waals surface area contributed by atoms with Crippen molar-refractivity contribution in [3.05, 3.63) is 53.5 Å². The van der Waals surface area contributed by atoms with Gasteiger partial charge in [-0.05, 0) is 37.1 Å². The second kappa shape index (κ2) is 6.11. The number of anilines is 2. The van der Waals surface area contributed by atoms with E-state index >= 15 is 0 Å². The summed E-state index contributed by atoms with van der Waals surface area (Å²) in [5, 5.41) is 16.4. The number of carboxylic acid groups (broad SMARTS) is 1. The molecule has 122 valence electrons. The molecule has 3 rings (SSSR count). The van der Waals surface area contributed by atoms with Gasteiger partial charge < -0.3 is 10.4 Å².